The summed E-state index contributed by atoms with van der Waals surface area (Å²) in [6, 6.07) is 11.2. The lowest BCUT2D eigenvalue weighted by Gasteiger charge is -2.36. The number of ether oxygens (including phenoxy) is 1. The fourth-order valence-electron chi connectivity index (χ4n) is 3.79. The summed E-state index contributed by atoms with van der Waals surface area (Å²) in [5.74, 6) is 1.30. The van der Waals surface area contributed by atoms with Crippen molar-refractivity contribution in [3.05, 3.63) is 52.6 Å². The maximum Gasteiger partial charge on any atom is 0.259 e. The number of piperazine rings is 1. The highest BCUT2D eigenvalue weighted by Gasteiger charge is 2.25. The Kier molecular flexibility index (Phi) is 6.24. The maximum absolute atomic E-state index is 12.8. The second-order valence-electron chi connectivity index (χ2n) is 7.35. The predicted molar refractivity (Wildman–Crippen MR) is 114 cm³/mol. The Morgan fingerprint density at radius 2 is 1.96 bits per heavy atom. The van der Waals surface area contributed by atoms with Crippen molar-refractivity contribution in [2.24, 2.45) is 5.92 Å². The van der Waals surface area contributed by atoms with Gasteiger partial charge in [-0.25, -0.2) is 4.98 Å². The van der Waals surface area contributed by atoms with Gasteiger partial charge in [0, 0.05) is 55.7 Å². The molecule has 2 aromatic rings. The fraction of sp³-hybridized carbons (Fsp3) is 0.429. The average molecular weight is 445 g/mol. The highest BCUT2D eigenvalue weighted by atomic mass is 79.9. The van der Waals surface area contributed by atoms with Crippen molar-refractivity contribution in [2.45, 2.75) is 6.42 Å². The van der Waals surface area contributed by atoms with Gasteiger partial charge in [0.2, 0.25) is 0 Å². The lowest BCUT2D eigenvalue weighted by atomic mass is 10.1. The Balaban J connectivity index is 1.40. The quantitative estimate of drug-likeness (QED) is 0.766. The van der Waals surface area contributed by atoms with E-state index in [2.05, 4.69) is 36.0 Å². The standard InChI is InChI=1S/C21H25BrN4O2/c22-17-3-5-18(6-4-17)24-21(27)19-2-1-8-23-20(19)26-11-9-25(10-12-26)14-16-7-13-28-15-16/h1-6,8,16H,7,9-15H2,(H,24,27). The molecular formula is C21H25BrN4O2. The van der Waals surface area contributed by atoms with Crippen LogP contribution in [0, 0.1) is 5.92 Å². The summed E-state index contributed by atoms with van der Waals surface area (Å²) < 4.78 is 6.47. The smallest absolute Gasteiger partial charge is 0.259 e. The Hall–Kier alpha value is -1.96. The number of carbonyl (C=O) groups excluding carboxylic acids is 1. The second-order valence-corrected chi connectivity index (χ2v) is 8.27. The van der Waals surface area contributed by atoms with Crippen LogP contribution in [0.15, 0.2) is 47.1 Å². The van der Waals surface area contributed by atoms with Gasteiger partial charge in [-0.2, -0.15) is 0 Å². The number of carbonyl (C=O) groups is 1. The molecule has 2 saturated heterocycles. The van der Waals surface area contributed by atoms with E-state index in [1.807, 2.05) is 36.4 Å². The van der Waals surface area contributed by atoms with Crippen LogP contribution in [-0.2, 0) is 4.74 Å². The van der Waals surface area contributed by atoms with E-state index in [0.717, 1.165) is 61.9 Å². The Morgan fingerprint density at radius 1 is 1.18 bits per heavy atom. The molecule has 2 aliphatic heterocycles. The number of rotatable bonds is 5. The summed E-state index contributed by atoms with van der Waals surface area (Å²) in [7, 11) is 0. The highest BCUT2D eigenvalue weighted by molar-refractivity contribution is 9.10. The largest absolute Gasteiger partial charge is 0.381 e. The molecule has 7 heteroatoms. The van der Waals surface area contributed by atoms with Gasteiger partial charge in [-0.15, -0.1) is 0 Å². The molecule has 4 rings (SSSR count). The Morgan fingerprint density at radius 3 is 2.68 bits per heavy atom. The number of nitrogens with one attached hydrogen (secondary N) is 1. The summed E-state index contributed by atoms with van der Waals surface area (Å²) >= 11 is 3.41. The first-order valence-electron chi connectivity index (χ1n) is 9.76. The first kappa shape index (κ1) is 19.4. The molecule has 0 radical (unpaired) electrons. The van der Waals surface area contributed by atoms with Crippen LogP contribution in [0.4, 0.5) is 11.5 Å². The van der Waals surface area contributed by atoms with E-state index in [9.17, 15) is 4.79 Å². The molecule has 1 N–H and O–H groups in total. The molecule has 1 atom stereocenters. The van der Waals surface area contributed by atoms with Crippen LogP contribution < -0.4 is 10.2 Å². The summed E-state index contributed by atoms with van der Waals surface area (Å²) in [5, 5.41) is 2.97. The zero-order valence-electron chi connectivity index (χ0n) is 15.8. The number of amides is 1. The molecule has 2 fully saturated rings. The molecule has 28 heavy (non-hydrogen) atoms. The van der Waals surface area contributed by atoms with Gasteiger partial charge in [0.25, 0.3) is 5.91 Å². The molecule has 0 spiro atoms. The van der Waals surface area contributed by atoms with Crippen LogP contribution in [0.5, 0.6) is 0 Å². The van der Waals surface area contributed by atoms with Crippen LogP contribution in [0.3, 0.4) is 0 Å². The first-order valence-corrected chi connectivity index (χ1v) is 10.6. The third-order valence-electron chi connectivity index (χ3n) is 5.35. The van der Waals surface area contributed by atoms with E-state index in [4.69, 9.17) is 4.74 Å². The molecule has 1 aromatic heterocycles. The van der Waals surface area contributed by atoms with Gasteiger partial charge in [0.05, 0.1) is 12.2 Å². The average Bonchev–Trinajstić information content (AvgIpc) is 3.23. The van der Waals surface area contributed by atoms with Crippen molar-refractivity contribution < 1.29 is 9.53 Å². The minimum atomic E-state index is -0.129. The molecule has 0 bridgehead atoms. The van der Waals surface area contributed by atoms with Crippen molar-refractivity contribution in [1.29, 1.82) is 0 Å². The molecule has 2 aliphatic rings. The zero-order chi connectivity index (χ0) is 19.3. The van der Waals surface area contributed by atoms with E-state index >= 15 is 0 Å². The number of aromatic nitrogens is 1. The summed E-state index contributed by atoms with van der Waals surface area (Å²) in [5.41, 5.74) is 1.38. The lowest BCUT2D eigenvalue weighted by molar-refractivity contribution is 0.102. The summed E-state index contributed by atoms with van der Waals surface area (Å²) in [6.45, 7) is 6.62. The van der Waals surface area contributed by atoms with Crippen LogP contribution in [-0.4, -0.2) is 61.7 Å². The summed E-state index contributed by atoms with van der Waals surface area (Å²) in [6.07, 6.45) is 2.93. The predicted octanol–water partition coefficient (Wildman–Crippen LogP) is 3.25. The highest BCUT2D eigenvalue weighted by Crippen LogP contribution is 2.22. The van der Waals surface area contributed by atoms with Gasteiger partial charge < -0.3 is 15.0 Å². The number of nitrogens with zero attached hydrogens (tertiary/aromatic N) is 3. The molecule has 6 nitrogen and oxygen atoms in total. The number of anilines is 2. The Bertz CT molecular complexity index is 800. The Labute approximate surface area is 174 Å². The topological polar surface area (TPSA) is 57.7 Å². The third-order valence-corrected chi connectivity index (χ3v) is 5.87. The van der Waals surface area contributed by atoms with Gasteiger partial charge in [-0.3, -0.25) is 9.69 Å². The van der Waals surface area contributed by atoms with E-state index in [1.165, 1.54) is 6.42 Å². The van der Waals surface area contributed by atoms with E-state index in [0.29, 0.717) is 11.5 Å². The van der Waals surface area contributed by atoms with Crippen molar-refractivity contribution in [3.63, 3.8) is 0 Å². The molecular weight excluding hydrogens is 420 g/mol. The molecule has 1 unspecified atom stereocenters. The molecule has 1 aromatic carbocycles. The van der Waals surface area contributed by atoms with Gasteiger partial charge in [-0.1, -0.05) is 15.9 Å². The van der Waals surface area contributed by atoms with Gasteiger partial charge in [0.15, 0.2) is 0 Å². The van der Waals surface area contributed by atoms with E-state index in [-0.39, 0.29) is 5.91 Å². The van der Waals surface area contributed by atoms with Gasteiger partial charge >= 0.3 is 0 Å². The van der Waals surface area contributed by atoms with Crippen molar-refractivity contribution in [3.8, 4) is 0 Å². The second kappa shape index (κ2) is 9.03. The molecule has 3 heterocycles. The minimum absolute atomic E-state index is 0.129. The molecule has 1 amide bonds. The normalized spacial score (nSPS) is 20.3. The fourth-order valence-corrected chi connectivity index (χ4v) is 4.06. The zero-order valence-corrected chi connectivity index (χ0v) is 17.4. The number of benzene rings is 1. The summed E-state index contributed by atoms with van der Waals surface area (Å²) in [4.78, 5) is 22.1. The number of hydrogen-bond acceptors (Lipinski definition) is 5. The lowest BCUT2D eigenvalue weighted by Crippen LogP contribution is -2.48. The van der Waals surface area contributed by atoms with Gasteiger partial charge in [0.1, 0.15) is 5.82 Å². The SMILES string of the molecule is O=C(Nc1ccc(Br)cc1)c1cccnc1N1CCN(CC2CCOC2)CC1. The number of halogens is 1. The van der Waals surface area contributed by atoms with Gasteiger partial charge in [-0.05, 0) is 48.7 Å². The first-order chi connectivity index (χ1) is 13.7. The van der Waals surface area contributed by atoms with Crippen molar-refractivity contribution in [2.75, 3.05) is 56.2 Å². The van der Waals surface area contributed by atoms with E-state index < -0.39 is 0 Å². The van der Waals surface area contributed by atoms with Crippen molar-refractivity contribution >= 4 is 33.3 Å². The number of pyridine rings is 1. The van der Waals surface area contributed by atoms with Crippen LogP contribution >= 0.6 is 15.9 Å². The molecule has 148 valence electrons. The molecule has 0 aliphatic carbocycles. The maximum atomic E-state index is 12.8. The van der Waals surface area contributed by atoms with Crippen molar-refractivity contribution in [1.82, 2.24) is 9.88 Å². The van der Waals surface area contributed by atoms with Crippen LogP contribution in [0.1, 0.15) is 16.8 Å². The molecule has 0 saturated carbocycles. The minimum Gasteiger partial charge on any atom is -0.381 e. The van der Waals surface area contributed by atoms with Crippen LogP contribution in [0.25, 0.3) is 0 Å². The monoisotopic (exact) mass is 444 g/mol. The van der Waals surface area contributed by atoms with Crippen LogP contribution in [0.2, 0.25) is 0 Å². The number of hydrogen-bond donors (Lipinski definition) is 1. The van der Waals surface area contributed by atoms with E-state index in [1.54, 1.807) is 6.20 Å². The third kappa shape index (κ3) is 4.71.